The predicted octanol–water partition coefficient (Wildman–Crippen LogP) is 1.68. The number of rotatable bonds is 4. The highest BCUT2D eigenvalue weighted by molar-refractivity contribution is 5.99. The SMILES string of the molecule is CCCNC(=O)c1cccc(C(=O)N2CCNCC2C)c1.Cl. The van der Waals surface area contributed by atoms with E-state index in [4.69, 9.17) is 0 Å². The fourth-order valence-corrected chi connectivity index (χ4v) is 2.44. The molecule has 1 aromatic carbocycles. The maximum absolute atomic E-state index is 12.6. The van der Waals surface area contributed by atoms with Gasteiger partial charge in [-0.1, -0.05) is 13.0 Å². The van der Waals surface area contributed by atoms with Crippen molar-refractivity contribution in [2.45, 2.75) is 26.3 Å². The summed E-state index contributed by atoms with van der Waals surface area (Å²) in [6, 6.07) is 7.13. The van der Waals surface area contributed by atoms with E-state index in [1.54, 1.807) is 24.3 Å². The number of hydrogen-bond acceptors (Lipinski definition) is 3. The third-order valence-corrected chi connectivity index (χ3v) is 3.67. The summed E-state index contributed by atoms with van der Waals surface area (Å²) in [7, 11) is 0. The molecule has 1 atom stereocenters. The second kappa shape index (κ2) is 8.76. The highest BCUT2D eigenvalue weighted by atomic mass is 35.5. The van der Waals surface area contributed by atoms with Gasteiger partial charge < -0.3 is 15.5 Å². The molecule has 122 valence electrons. The molecule has 1 heterocycles. The zero-order chi connectivity index (χ0) is 15.2. The number of amides is 2. The van der Waals surface area contributed by atoms with Gasteiger partial charge in [-0.15, -0.1) is 12.4 Å². The van der Waals surface area contributed by atoms with Gasteiger partial charge in [0.25, 0.3) is 11.8 Å². The standard InChI is InChI=1S/C16H23N3O2.ClH/c1-3-7-18-15(20)13-5-4-6-14(10-13)16(21)19-9-8-17-11-12(19)2;/h4-6,10,12,17H,3,7-9,11H2,1-2H3,(H,18,20);1H. The molecule has 1 unspecified atom stereocenters. The van der Waals surface area contributed by atoms with Crippen LogP contribution in [0.25, 0.3) is 0 Å². The molecule has 5 nitrogen and oxygen atoms in total. The molecule has 0 aliphatic carbocycles. The Labute approximate surface area is 137 Å². The first-order chi connectivity index (χ1) is 10.1. The summed E-state index contributed by atoms with van der Waals surface area (Å²) in [5.41, 5.74) is 1.12. The Balaban J connectivity index is 0.00000242. The summed E-state index contributed by atoms with van der Waals surface area (Å²) in [6.07, 6.45) is 0.892. The molecule has 0 bridgehead atoms. The molecule has 1 aliphatic heterocycles. The Morgan fingerprint density at radius 2 is 2.09 bits per heavy atom. The average Bonchev–Trinajstić information content (AvgIpc) is 2.52. The lowest BCUT2D eigenvalue weighted by molar-refractivity contribution is 0.0656. The van der Waals surface area contributed by atoms with Crippen LogP contribution in [0.5, 0.6) is 0 Å². The molecule has 6 heteroatoms. The van der Waals surface area contributed by atoms with Gasteiger partial charge in [0.2, 0.25) is 0 Å². The first kappa shape index (κ1) is 18.5. The Morgan fingerprint density at radius 1 is 1.36 bits per heavy atom. The van der Waals surface area contributed by atoms with E-state index in [0.29, 0.717) is 24.2 Å². The van der Waals surface area contributed by atoms with E-state index in [1.807, 2.05) is 18.7 Å². The molecule has 2 rings (SSSR count). The molecule has 1 aliphatic rings. The number of carbonyl (C=O) groups excluding carboxylic acids is 2. The monoisotopic (exact) mass is 325 g/mol. The van der Waals surface area contributed by atoms with Gasteiger partial charge in [0, 0.05) is 43.3 Å². The lowest BCUT2D eigenvalue weighted by atomic mass is 10.1. The zero-order valence-electron chi connectivity index (χ0n) is 13.1. The van der Waals surface area contributed by atoms with Gasteiger partial charge in [-0.25, -0.2) is 0 Å². The number of piperazine rings is 1. The van der Waals surface area contributed by atoms with E-state index >= 15 is 0 Å². The summed E-state index contributed by atoms with van der Waals surface area (Å²) in [5, 5.41) is 6.09. The number of carbonyl (C=O) groups is 2. The van der Waals surface area contributed by atoms with Crippen molar-refractivity contribution in [3.63, 3.8) is 0 Å². The van der Waals surface area contributed by atoms with E-state index in [9.17, 15) is 9.59 Å². The van der Waals surface area contributed by atoms with Crippen LogP contribution in [0.15, 0.2) is 24.3 Å². The first-order valence-corrected chi connectivity index (χ1v) is 7.53. The fourth-order valence-electron chi connectivity index (χ4n) is 2.44. The van der Waals surface area contributed by atoms with Gasteiger partial charge in [0.1, 0.15) is 0 Å². The Hall–Kier alpha value is -1.59. The fraction of sp³-hybridized carbons (Fsp3) is 0.500. The van der Waals surface area contributed by atoms with E-state index in [0.717, 1.165) is 19.5 Å². The van der Waals surface area contributed by atoms with Gasteiger partial charge >= 0.3 is 0 Å². The van der Waals surface area contributed by atoms with Crippen molar-refractivity contribution < 1.29 is 9.59 Å². The zero-order valence-corrected chi connectivity index (χ0v) is 13.9. The van der Waals surface area contributed by atoms with Crippen LogP contribution in [0.3, 0.4) is 0 Å². The topological polar surface area (TPSA) is 61.4 Å². The Bertz CT molecular complexity index is 522. The van der Waals surface area contributed by atoms with Gasteiger partial charge in [0.05, 0.1) is 0 Å². The van der Waals surface area contributed by atoms with Gasteiger partial charge in [-0.3, -0.25) is 9.59 Å². The van der Waals surface area contributed by atoms with Crippen LogP contribution >= 0.6 is 12.4 Å². The molecular weight excluding hydrogens is 302 g/mol. The van der Waals surface area contributed by atoms with E-state index in [1.165, 1.54) is 0 Å². The molecular formula is C16H24ClN3O2. The Kier molecular flexibility index (Phi) is 7.35. The van der Waals surface area contributed by atoms with Gasteiger partial charge in [-0.05, 0) is 31.5 Å². The molecule has 1 aromatic rings. The molecule has 2 amide bonds. The number of benzene rings is 1. The molecule has 2 N–H and O–H groups in total. The minimum absolute atomic E-state index is 0. The van der Waals surface area contributed by atoms with Crippen molar-refractivity contribution in [2.24, 2.45) is 0 Å². The van der Waals surface area contributed by atoms with Crippen molar-refractivity contribution in [2.75, 3.05) is 26.2 Å². The highest BCUT2D eigenvalue weighted by Crippen LogP contribution is 2.12. The van der Waals surface area contributed by atoms with Crippen LogP contribution in [-0.4, -0.2) is 48.9 Å². The second-order valence-electron chi connectivity index (χ2n) is 5.39. The second-order valence-corrected chi connectivity index (χ2v) is 5.39. The molecule has 1 saturated heterocycles. The Morgan fingerprint density at radius 3 is 2.77 bits per heavy atom. The number of hydrogen-bond donors (Lipinski definition) is 2. The summed E-state index contributed by atoms with van der Waals surface area (Å²) < 4.78 is 0. The van der Waals surface area contributed by atoms with Crippen molar-refractivity contribution in [1.82, 2.24) is 15.5 Å². The van der Waals surface area contributed by atoms with Crippen molar-refractivity contribution in [3.05, 3.63) is 35.4 Å². The van der Waals surface area contributed by atoms with Crippen LogP contribution < -0.4 is 10.6 Å². The van der Waals surface area contributed by atoms with Crippen molar-refractivity contribution >= 4 is 24.2 Å². The molecule has 0 aromatic heterocycles. The maximum atomic E-state index is 12.6. The highest BCUT2D eigenvalue weighted by Gasteiger charge is 2.24. The molecule has 0 spiro atoms. The number of nitrogens with zero attached hydrogens (tertiary/aromatic N) is 1. The summed E-state index contributed by atoms with van der Waals surface area (Å²) in [4.78, 5) is 26.4. The van der Waals surface area contributed by atoms with Crippen LogP contribution in [0.2, 0.25) is 0 Å². The van der Waals surface area contributed by atoms with E-state index in [2.05, 4.69) is 10.6 Å². The van der Waals surface area contributed by atoms with Crippen molar-refractivity contribution in [3.8, 4) is 0 Å². The average molecular weight is 326 g/mol. The number of nitrogens with one attached hydrogen (secondary N) is 2. The minimum atomic E-state index is -0.125. The minimum Gasteiger partial charge on any atom is -0.352 e. The summed E-state index contributed by atoms with van der Waals surface area (Å²) in [5.74, 6) is -0.131. The summed E-state index contributed by atoms with van der Waals surface area (Å²) in [6.45, 7) is 7.00. The number of halogens is 1. The third-order valence-electron chi connectivity index (χ3n) is 3.67. The molecule has 1 fully saturated rings. The normalized spacial score (nSPS) is 17.5. The molecule has 0 radical (unpaired) electrons. The van der Waals surface area contributed by atoms with Crippen LogP contribution in [0.4, 0.5) is 0 Å². The van der Waals surface area contributed by atoms with Gasteiger partial charge in [-0.2, -0.15) is 0 Å². The quantitative estimate of drug-likeness (QED) is 0.885. The lowest BCUT2D eigenvalue weighted by Crippen LogP contribution is -2.52. The maximum Gasteiger partial charge on any atom is 0.254 e. The smallest absolute Gasteiger partial charge is 0.254 e. The molecule has 22 heavy (non-hydrogen) atoms. The lowest BCUT2D eigenvalue weighted by Gasteiger charge is -2.34. The predicted molar refractivity (Wildman–Crippen MR) is 89.7 cm³/mol. The first-order valence-electron chi connectivity index (χ1n) is 7.53. The molecule has 0 saturated carbocycles. The largest absolute Gasteiger partial charge is 0.352 e. The van der Waals surface area contributed by atoms with E-state index in [-0.39, 0.29) is 30.3 Å². The third kappa shape index (κ3) is 4.45. The van der Waals surface area contributed by atoms with Crippen molar-refractivity contribution in [1.29, 1.82) is 0 Å². The van der Waals surface area contributed by atoms with E-state index < -0.39 is 0 Å². The van der Waals surface area contributed by atoms with Crippen LogP contribution in [0, 0.1) is 0 Å². The van der Waals surface area contributed by atoms with Crippen LogP contribution in [0.1, 0.15) is 41.0 Å². The van der Waals surface area contributed by atoms with Gasteiger partial charge in [0.15, 0.2) is 0 Å². The summed E-state index contributed by atoms with van der Waals surface area (Å²) >= 11 is 0. The van der Waals surface area contributed by atoms with Crippen LogP contribution in [-0.2, 0) is 0 Å².